The van der Waals surface area contributed by atoms with Gasteiger partial charge in [0, 0.05) is 48.1 Å². The quantitative estimate of drug-likeness (QED) is 0.370. The molecule has 178 valence electrons. The number of thiazole rings is 1. The Morgan fingerprint density at radius 2 is 1.86 bits per heavy atom. The minimum Gasteiger partial charge on any atom is -0.383 e. The molecule has 4 aromatic rings. The summed E-state index contributed by atoms with van der Waals surface area (Å²) in [6.07, 6.45) is 3.07. The summed E-state index contributed by atoms with van der Waals surface area (Å²) in [5.74, 6) is 0.391. The zero-order chi connectivity index (χ0) is 24.0. The van der Waals surface area contributed by atoms with E-state index in [1.807, 2.05) is 47.8 Å². The fourth-order valence-electron chi connectivity index (χ4n) is 3.85. The Balaban J connectivity index is 1.23. The predicted octanol–water partition coefficient (Wildman–Crippen LogP) is 4.33. The molecule has 0 radical (unpaired) electrons. The Hall–Kier alpha value is -3.86. The number of amides is 2. The summed E-state index contributed by atoms with van der Waals surface area (Å²) in [6.45, 7) is 4.19. The number of nitrogens with two attached hydrogens (primary N) is 1. The number of nitrogen functional groups attached to an aromatic ring is 1. The van der Waals surface area contributed by atoms with Gasteiger partial charge in [0.25, 0.3) is 0 Å². The zero-order valence-corrected chi connectivity index (χ0v) is 19.8. The second kappa shape index (κ2) is 10.6. The number of nitrogens with zero attached hydrogens (tertiary/aromatic N) is 4. The monoisotopic (exact) mass is 487 g/mol. The fraction of sp³-hybridized carbons (Fsp3) is 0.200. The van der Waals surface area contributed by atoms with Crippen LogP contribution >= 0.6 is 11.3 Å². The average Bonchev–Trinajstić information content (AvgIpc) is 3.35. The van der Waals surface area contributed by atoms with E-state index in [1.165, 1.54) is 17.7 Å². The van der Waals surface area contributed by atoms with E-state index in [4.69, 9.17) is 10.5 Å². The van der Waals surface area contributed by atoms with Gasteiger partial charge < -0.3 is 21.1 Å². The standard InChI is InChI=1S/C25H25N7O2S/c26-23-21(13-27-16-28-23)24-31-22(15-35-24)18-4-2-6-20(12-18)30-25(33)29-19-5-1-3-17(11-19)14-32-7-9-34-10-8-32/h1-6,11-13,15-16H,7-10,14H2,(H2,26,27,28)(H2,29,30,33). The van der Waals surface area contributed by atoms with Crippen molar-refractivity contribution < 1.29 is 9.53 Å². The Bertz CT molecular complexity index is 1320. The molecule has 10 heteroatoms. The summed E-state index contributed by atoms with van der Waals surface area (Å²) < 4.78 is 5.41. The summed E-state index contributed by atoms with van der Waals surface area (Å²) in [5.41, 5.74) is 10.9. The van der Waals surface area contributed by atoms with Gasteiger partial charge in [-0.1, -0.05) is 24.3 Å². The van der Waals surface area contributed by atoms with Gasteiger partial charge in [-0.05, 0) is 29.8 Å². The van der Waals surface area contributed by atoms with Crippen LogP contribution in [0.2, 0.25) is 0 Å². The number of benzene rings is 2. The molecular formula is C25H25N7O2S. The van der Waals surface area contributed by atoms with Crippen LogP contribution in [0.25, 0.3) is 21.8 Å². The van der Waals surface area contributed by atoms with E-state index in [-0.39, 0.29) is 6.03 Å². The maximum absolute atomic E-state index is 12.7. The van der Waals surface area contributed by atoms with Crippen LogP contribution in [0.1, 0.15) is 5.56 Å². The molecule has 0 saturated carbocycles. The second-order valence-corrected chi connectivity index (χ2v) is 8.97. The van der Waals surface area contributed by atoms with Crippen LogP contribution in [-0.4, -0.2) is 52.2 Å². The van der Waals surface area contributed by atoms with Crippen LogP contribution in [0.4, 0.5) is 22.0 Å². The molecule has 0 atom stereocenters. The smallest absolute Gasteiger partial charge is 0.323 e. The van der Waals surface area contributed by atoms with Crippen molar-refractivity contribution in [1.82, 2.24) is 19.9 Å². The minimum atomic E-state index is -0.307. The predicted molar refractivity (Wildman–Crippen MR) is 138 cm³/mol. The molecule has 0 spiro atoms. The average molecular weight is 488 g/mol. The highest BCUT2D eigenvalue weighted by Gasteiger charge is 2.13. The van der Waals surface area contributed by atoms with Gasteiger partial charge in [-0.15, -0.1) is 11.3 Å². The lowest BCUT2D eigenvalue weighted by molar-refractivity contribution is 0.0342. The number of ether oxygens (including phenoxy) is 1. The van der Waals surface area contributed by atoms with Gasteiger partial charge in [-0.25, -0.2) is 19.7 Å². The van der Waals surface area contributed by atoms with E-state index >= 15 is 0 Å². The highest BCUT2D eigenvalue weighted by molar-refractivity contribution is 7.13. The lowest BCUT2D eigenvalue weighted by atomic mass is 10.1. The number of rotatable bonds is 6. The zero-order valence-electron chi connectivity index (χ0n) is 19.0. The fourth-order valence-corrected chi connectivity index (χ4v) is 4.70. The first-order chi connectivity index (χ1) is 17.1. The number of morpholine rings is 1. The lowest BCUT2D eigenvalue weighted by Gasteiger charge is -2.26. The Labute approximate surface area is 207 Å². The van der Waals surface area contributed by atoms with Crippen molar-refractivity contribution in [1.29, 1.82) is 0 Å². The lowest BCUT2D eigenvalue weighted by Crippen LogP contribution is -2.35. The molecule has 1 saturated heterocycles. The van der Waals surface area contributed by atoms with Crippen molar-refractivity contribution >= 4 is 34.6 Å². The molecule has 9 nitrogen and oxygen atoms in total. The number of nitrogens with one attached hydrogen (secondary N) is 2. The third kappa shape index (κ3) is 5.80. The molecule has 2 aromatic heterocycles. The number of hydrogen-bond donors (Lipinski definition) is 3. The molecule has 0 unspecified atom stereocenters. The highest BCUT2D eigenvalue weighted by atomic mass is 32.1. The molecule has 1 aliphatic heterocycles. The third-order valence-electron chi connectivity index (χ3n) is 5.59. The van der Waals surface area contributed by atoms with Crippen LogP contribution in [-0.2, 0) is 11.3 Å². The van der Waals surface area contributed by atoms with E-state index < -0.39 is 0 Å². The molecule has 5 rings (SSSR count). The van der Waals surface area contributed by atoms with Gasteiger partial charge in [0.15, 0.2) is 0 Å². The first-order valence-electron chi connectivity index (χ1n) is 11.2. The van der Waals surface area contributed by atoms with Crippen molar-refractivity contribution in [3.63, 3.8) is 0 Å². The second-order valence-electron chi connectivity index (χ2n) is 8.11. The third-order valence-corrected chi connectivity index (χ3v) is 6.46. The van der Waals surface area contributed by atoms with Crippen LogP contribution in [0.5, 0.6) is 0 Å². The highest BCUT2D eigenvalue weighted by Crippen LogP contribution is 2.31. The topological polar surface area (TPSA) is 118 Å². The first kappa shape index (κ1) is 22.9. The molecule has 35 heavy (non-hydrogen) atoms. The summed E-state index contributed by atoms with van der Waals surface area (Å²) in [7, 11) is 0. The Morgan fingerprint density at radius 1 is 1.09 bits per heavy atom. The van der Waals surface area contributed by atoms with Gasteiger partial charge in [-0.2, -0.15) is 0 Å². The largest absolute Gasteiger partial charge is 0.383 e. The van der Waals surface area contributed by atoms with Gasteiger partial charge in [0.05, 0.1) is 24.5 Å². The Kier molecular flexibility index (Phi) is 6.94. The van der Waals surface area contributed by atoms with Crippen molar-refractivity contribution in [2.24, 2.45) is 0 Å². The SMILES string of the molecule is Nc1ncncc1-c1nc(-c2cccc(NC(=O)Nc3cccc(CN4CCOCC4)c3)c2)cs1. The molecule has 0 bridgehead atoms. The first-order valence-corrected chi connectivity index (χ1v) is 12.1. The number of aromatic nitrogens is 3. The van der Waals surface area contributed by atoms with Crippen LogP contribution < -0.4 is 16.4 Å². The normalized spacial score (nSPS) is 13.9. The van der Waals surface area contributed by atoms with Crippen molar-refractivity contribution in [3.05, 3.63) is 72.0 Å². The maximum atomic E-state index is 12.7. The molecule has 1 fully saturated rings. The number of hydrogen-bond acceptors (Lipinski definition) is 8. The van der Waals surface area contributed by atoms with E-state index in [9.17, 15) is 4.79 Å². The van der Waals surface area contributed by atoms with E-state index in [0.717, 1.165) is 60.4 Å². The Morgan fingerprint density at radius 3 is 2.66 bits per heavy atom. The van der Waals surface area contributed by atoms with Crippen LogP contribution in [0.15, 0.2) is 66.4 Å². The molecule has 0 aliphatic carbocycles. The van der Waals surface area contributed by atoms with E-state index in [2.05, 4.69) is 36.6 Å². The summed E-state index contributed by atoms with van der Waals surface area (Å²) in [5, 5.41) is 8.52. The molecule has 3 heterocycles. The number of carbonyl (C=O) groups excluding carboxylic acids is 1. The van der Waals surface area contributed by atoms with Crippen molar-refractivity contribution in [3.8, 4) is 21.8 Å². The van der Waals surface area contributed by atoms with Gasteiger partial charge >= 0.3 is 6.03 Å². The summed E-state index contributed by atoms with van der Waals surface area (Å²) in [4.78, 5) is 27.7. The molecule has 2 aromatic carbocycles. The summed E-state index contributed by atoms with van der Waals surface area (Å²) >= 11 is 1.47. The molecule has 2 amide bonds. The maximum Gasteiger partial charge on any atom is 0.323 e. The van der Waals surface area contributed by atoms with Gasteiger partial charge in [-0.3, -0.25) is 4.90 Å². The molecular weight excluding hydrogens is 462 g/mol. The van der Waals surface area contributed by atoms with E-state index in [1.54, 1.807) is 6.20 Å². The number of carbonyl (C=O) groups is 1. The minimum absolute atomic E-state index is 0.307. The van der Waals surface area contributed by atoms with Crippen LogP contribution in [0, 0.1) is 0 Å². The van der Waals surface area contributed by atoms with Crippen molar-refractivity contribution in [2.75, 3.05) is 42.7 Å². The van der Waals surface area contributed by atoms with Gasteiger partial charge in [0.2, 0.25) is 0 Å². The van der Waals surface area contributed by atoms with E-state index in [0.29, 0.717) is 17.1 Å². The number of anilines is 3. The van der Waals surface area contributed by atoms with Gasteiger partial charge in [0.1, 0.15) is 17.2 Å². The molecule has 1 aliphatic rings. The molecule has 4 N–H and O–H groups in total. The summed E-state index contributed by atoms with van der Waals surface area (Å²) in [6, 6.07) is 15.2. The number of urea groups is 1. The van der Waals surface area contributed by atoms with Crippen LogP contribution in [0.3, 0.4) is 0 Å². The van der Waals surface area contributed by atoms with Crippen molar-refractivity contribution in [2.45, 2.75) is 6.54 Å².